The van der Waals surface area contributed by atoms with Gasteiger partial charge in [0.25, 0.3) is 0 Å². The molecule has 0 aromatic heterocycles. The average Bonchev–Trinajstić information content (AvgIpc) is 3.02. The molecule has 8 nitrogen and oxygen atoms in total. The van der Waals surface area contributed by atoms with Crippen molar-refractivity contribution < 1.29 is 22.1 Å². The lowest BCUT2D eigenvalue weighted by atomic mass is 10.2. The van der Waals surface area contributed by atoms with Gasteiger partial charge in [0.05, 0.1) is 18.6 Å². The quantitative estimate of drug-likeness (QED) is 0.317. The van der Waals surface area contributed by atoms with Crippen LogP contribution in [-0.2, 0) is 14.9 Å². The van der Waals surface area contributed by atoms with E-state index in [2.05, 4.69) is 47.4 Å². The number of nitrogens with zero attached hydrogens (tertiary/aromatic N) is 2. The summed E-state index contributed by atoms with van der Waals surface area (Å²) >= 11 is 7.76. The third-order valence-electron chi connectivity index (χ3n) is 3.79. The minimum atomic E-state index is -4.11. The van der Waals surface area contributed by atoms with Gasteiger partial charge < -0.3 is 14.2 Å². The third kappa shape index (κ3) is 5.42. The number of carbonyl (C=O) groups excluding carboxylic acids is 1. The maximum atomic E-state index is 12.7. The molecule has 0 saturated carbocycles. The van der Waals surface area contributed by atoms with Crippen LogP contribution in [0.1, 0.15) is 12.5 Å². The van der Waals surface area contributed by atoms with E-state index >= 15 is 0 Å². The van der Waals surface area contributed by atoms with Crippen LogP contribution in [0.15, 0.2) is 60.4 Å². The van der Waals surface area contributed by atoms with Crippen molar-refractivity contribution in [2.75, 3.05) is 7.11 Å². The summed E-state index contributed by atoms with van der Waals surface area (Å²) in [5, 5.41) is 10.7. The molecule has 0 unspecified atom stereocenters. The predicted octanol–water partition coefficient (Wildman–Crippen LogP) is 3.93. The van der Waals surface area contributed by atoms with Crippen LogP contribution in [0.25, 0.3) is 0 Å². The highest BCUT2D eigenvalue weighted by Gasteiger charge is 2.26. The van der Waals surface area contributed by atoms with E-state index in [1.165, 1.54) is 37.2 Å². The highest BCUT2D eigenvalue weighted by Crippen LogP contribution is 2.33. The number of thioether (sulfide) groups is 1. The van der Waals surface area contributed by atoms with Crippen LogP contribution in [0.5, 0.6) is 11.5 Å². The number of amides is 1. The number of ether oxygens (including phenoxy) is 1. The Morgan fingerprint density at radius 2 is 1.93 bits per heavy atom. The Morgan fingerprint density at radius 1 is 1.17 bits per heavy atom. The summed E-state index contributed by atoms with van der Waals surface area (Å²) in [4.78, 5) is 11.4. The Kier molecular flexibility index (Phi) is 7.22. The zero-order valence-corrected chi connectivity index (χ0v) is 20.4. The van der Waals surface area contributed by atoms with Crippen molar-refractivity contribution in [3.8, 4) is 11.5 Å². The van der Waals surface area contributed by atoms with Gasteiger partial charge in [0, 0.05) is 8.95 Å². The first-order valence-electron chi connectivity index (χ1n) is 8.36. The van der Waals surface area contributed by atoms with Gasteiger partial charge in [-0.2, -0.15) is 13.5 Å². The highest BCUT2D eigenvalue weighted by molar-refractivity contribution is 9.11. The van der Waals surface area contributed by atoms with E-state index in [0.717, 1.165) is 0 Å². The molecule has 0 spiro atoms. The maximum Gasteiger partial charge on any atom is 0.340 e. The largest absolute Gasteiger partial charge is 0.493 e. The highest BCUT2D eigenvalue weighted by atomic mass is 79.9. The maximum absolute atomic E-state index is 12.7. The van der Waals surface area contributed by atoms with Crippen molar-refractivity contribution >= 4 is 71.0 Å². The number of nitrogens with one attached hydrogen (secondary N) is 1. The second kappa shape index (κ2) is 9.50. The van der Waals surface area contributed by atoms with Crippen LogP contribution in [0.4, 0.5) is 0 Å². The molecule has 1 amide bonds. The summed E-state index contributed by atoms with van der Waals surface area (Å²) in [6.07, 6.45) is 1.45. The molecule has 1 aliphatic rings. The van der Waals surface area contributed by atoms with Crippen LogP contribution >= 0.6 is 43.6 Å². The minimum Gasteiger partial charge on any atom is -0.493 e. The monoisotopic (exact) mass is 575 g/mol. The fourth-order valence-electron chi connectivity index (χ4n) is 2.32. The van der Waals surface area contributed by atoms with Gasteiger partial charge in [-0.1, -0.05) is 27.7 Å². The van der Waals surface area contributed by atoms with E-state index in [1.807, 2.05) is 0 Å². The van der Waals surface area contributed by atoms with E-state index in [1.54, 1.807) is 31.2 Å². The normalized spacial score (nSPS) is 18.1. The standard InChI is InChI=1S/C18H15Br2N3O5S2/c1-10-17(24)22-18(29-10)23-21-9-11-3-6-14(15(7-11)27-2)28-30(25,26)16-8-12(19)4-5-13(16)20/h3-10H,1-2H3,(H,22,23,24)/t10-/m0/s1. The number of halogens is 2. The molecule has 0 radical (unpaired) electrons. The summed E-state index contributed by atoms with van der Waals surface area (Å²) < 4.78 is 36.9. The Balaban J connectivity index is 1.81. The summed E-state index contributed by atoms with van der Waals surface area (Å²) in [5.74, 6) is 0.120. The zero-order valence-electron chi connectivity index (χ0n) is 15.6. The van der Waals surface area contributed by atoms with E-state index in [4.69, 9.17) is 8.92 Å². The van der Waals surface area contributed by atoms with Crippen molar-refractivity contribution in [3.05, 3.63) is 50.9 Å². The number of rotatable bonds is 6. The molecule has 158 valence electrons. The lowest BCUT2D eigenvalue weighted by molar-refractivity contribution is -0.118. The molecule has 2 aromatic carbocycles. The summed E-state index contributed by atoms with van der Waals surface area (Å²) in [6.45, 7) is 1.77. The molecule has 12 heteroatoms. The smallest absolute Gasteiger partial charge is 0.340 e. The molecule has 0 aliphatic carbocycles. The SMILES string of the molecule is COc1cc(C=NN=C2NC(=O)[C@H](C)S2)ccc1OS(=O)(=O)c1cc(Br)ccc1Br. The molecule has 0 bridgehead atoms. The van der Waals surface area contributed by atoms with Gasteiger partial charge in [0.1, 0.15) is 4.90 Å². The van der Waals surface area contributed by atoms with Gasteiger partial charge in [-0.25, -0.2) is 0 Å². The molecule has 3 rings (SSSR count). The van der Waals surface area contributed by atoms with Gasteiger partial charge in [-0.05, 0) is 64.8 Å². The van der Waals surface area contributed by atoms with Crippen LogP contribution in [0.3, 0.4) is 0 Å². The summed E-state index contributed by atoms with van der Waals surface area (Å²) in [6, 6.07) is 9.38. The molecular weight excluding hydrogens is 562 g/mol. The van der Waals surface area contributed by atoms with Gasteiger partial charge >= 0.3 is 10.1 Å². The predicted molar refractivity (Wildman–Crippen MR) is 123 cm³/mol. The van der Waals surface area contributed by atoms with Crippen molar-refractivity contribution in [2.45, 2.75) is 17.1 Å². The number of hydrogen-bond donors (Lipinski definition) is 1. The van der Waals surface area contributed by atoms with Crippen molar-refractivity contribution in [2.24, 2.45) is 10.2 Å². The Bertz CT molecular complexity index is 1150. The van der Waals surface area contributed by atoms with Crippen LogP contribution < -0.4 is 14.2 Å². The molecule has 2 aromatic rings. The molecule has 1 aliphatic heterocycles. The molecular formula is C18H15Br2N3O5S2. The Morgan fingerprint density at radius 3 is 2.60 bits per heavy atom. The summed E-state index contributed by atoms with van der Waals surface area (Å²) in [5.41, 5.74) is 0.604. The molecule has 1 saturated heterocycles. The van der Waals surface area contributed by atoms with Crippen molar-refractivity contribution in [3.63, 3.8) is 0 Å². The second-order valence-electron chi connectivity index (χ2n) is 5.92. The first-order valence-corrected chi connectivity index (χ1v) is 12.2. The van der Waals surface area contributed by atoms with E-state index in [9.17, 15) is 13.2 Å². The van der Waals surface area contributed by atoms with E-state index < -0.39 is 10.1 Å². The Hall–Kier alpha value is -1.89. The molecule has 1 heterocycles. The fraction of sp³-hybridized carbons (Fsp3) is 0.167. The van der Waals surface area contributed by atoms with Crippen LogP contribution in [0, 0.1) is 0 Å². The lowest BCUT2D eigenvalue weighted by Gasteiger charge is -2.12. The van der Waals surface area contributed by atoms with Crippen molar-refractivity contribution in [1.82, 2.24) is 5.32 Å². The van der Waals surface area contributed by atoms with Gasteiger partial charge in [0.2, 0.25) is 5.91 Å². The van der Waals surface area contributed by atoms with Crippen LogP contribution in [0.2, 0.25) is 0 Å². The lowest BCUT2D eigenvalue weighted by Crippen LogP contribution is -2.23. The zero-order chi connectivity index (χ0) is 21.9. The van der Waals surface area contributed by atoms with Crippen molar-refractivity contribution in [1.29, 1.82) is 0 Å². The first-order chi connectivity index (χ1) is 14.2. The topological polar surface area (TPSA) is 106 Å². The van der Waals surface area contributed by atoms with Crippen LogP contribution in [-0.4, -0.2) is 38.1 Å². The Labute approximate surface area is 194 Å². The number of methoxy groups -OCH3 is 1. The molecule has 1 N–H and O–H groups in total. The minimum absolute atomic E-state index is 0.0225. The van der Waals surface area contributed by atoms with Gasteiger partial charge in [-0.3, -0.25) is 4.79 Å². The molecule has 30 heavy (non-hydrogen) atoms. The second-order valence-corrected chi connectivity index (χ2v) is 10.5. The molecule has 1 fully saturated rings. The summed E-state index contributed by atoms with van der Waals surface area (Å²) in [7, 11) is -2.71. The average molecular weight is 577 g/mol. The number of carbonyl (C=O) groups is 1. The molecule has 1 atom stereocenters. The van der Waals surface area contributed by atoms with E-state index in [-0.39, 0.29) is 27.6 Å². The number of benzene rings is 2. The number of amidine groups is 1. The first kappa shape index (κ1) is 22.8. The van der Waals surface area contributed by atoms with Gasteiger partial charge in [-0.15, -0.1) is 5.10 Å². The van der Waals surface area contributed by atoms with Gasteiger partial charge in [0.15, 0.2) is 16.7 Å². The number of hydrogen-bond acceptors (Lipinski definition) is 8. The third-order valence-corrected chi connectivity index (χ3v) is 7.49. The fourth-order valence-corrected chi connectivity index (χ4v) is 5.47. The van der Waals surface area contributed by atoms with E-state index in [0.29, 0.717) is 19.7 Å².